The number of hydrogen-bond acceptors (Lipinski definition) is 4. The van der Waals surface area contributed by atoms with Gasteiger partial charge in [0.15, 0.2) is 5.11 Å². The minimum absolute atomic E-state index is 0.0152. The number of benzene rings is 2. The summed E-state index contributed by atoms with van der Waals surface area (Å²) < 4.78 is 44.2. The Balaban J connectivity index is 1.91. The smallest absolute Gasteiger partial charge is 0.417 e. The summed E-state index contributed by atoms with van der Waals surface area (Å²) in [6.45, 7) is 1.86. The molecule has 0 fully saturated rings. The molecule has 0 unspecified atom stereocenters. The first-order chi connectivity index (χ1) is 14.6. The number of anilines is 2. The lowest BCUT2D eigenvalue weighted by Crippen LogP contribution is -2.20. The van der Waals surface area contributed by atoms with Gasteiger partial charge in [-0.15, -0.1) is 11.3 Å². The van der Waals surface area contributed by atoms with Crippen molar-refractivity contribution in [1.29, 1.82) is 0 Å². The van der Waals surface area contributed by atoms with Gasteiger partial charge in [0.1, 0.15) is 10.6 Å². The topological polar surface area (TPSA) is 50.4 Å². The number of aryl methyl sites for hydroxylation is 1. The number of halogens is 4. The van der Waals surface area contributed by atoms with Gasteiger partial charge < -0.3 is 15.4 Å². The Kier molecular flexibility index (Phi) is 6.88. The van der Waals surface area contributed by atoms with Gasteiger partial charge in [-0.25, -0.2) is 4.79 Å². The molecule has 31 heavy (non-hydrogen) atoms. The average Bonchev–Trinajstić information content (AvgIpc) is 3.04. The molecule has 0 spiro atoms. The fourth-order valence-electron chi connectivity index (χ4n) is 2.97. The van der Waals surface area contributed by atoms with E-state index < -0.39 is 22.7 Å². The predicted molar refractivity (Wildman–Crippen MR) is 122 cm³/mol. The fourth-order valence-corrected chi connectivity index (χ4v) is 4.55. The largest absolute Gasteiger partial charge is 0.465 e. The first kappa shape index (κ1) is 23.1. The first-order valence-corrected chi connectivity index (χ1v) is 10.4. The van der Waals surface area contributed by atoms with Crippen LogP contribution in [-0.4, -0.2) is 18.2 Å². The van der Waals surface area contributed by atoms with Gasteiger partial charge in [-0.1, -0.05) is 41.9 Å². The highest BCUT2D eigenvalue weighted by molar-refractivity contribution is 7.80. The summed E-state index contributed by atoms with van der Waals surface area (Å²) in [5.41, 5.74) is 0.957. The molecular formula is C21H16ClF3N2O2S2. The molecule has 3 rings (SSSR count). The van der Waals surface area contributed by atoms with Crippen LogP contribution in [0.1, 0.15) is 20.8 Å². The summed E-state index contributed by atoms with van der Waals surface area (Å²) in [5.74, 6) is -0.556. The van der Waals surface area contributed by atoms with Crippen LogP contribution >= 0.6 is 35.2 Å². The van der Waals surface area contributed by atoms with Crippen LogP contribution < -0.4 is 10.6 Å². The predicted octanol–water partition coefficient (Wildman–Crippen LogP) is 6.99. The molecule has 10 heteroatoms. The number of carbonyl (C=O) groups is 1. The zero-order valence-corrected chi connectivity index (χ0v) is 18.7. The Bertz CT molecular complexity index is 1130. The summed E-state index contributed by atoms with van der Waals surface area (Å²) in [6, 6.07) is 12.7. The standard InChI is InChI=1S/C21H16ClF3N2O2S2/c1-11-16(12-6-4-3-5-7-12)17(19(28)29-2)18(31-11)27-20(30)26-13-8-9-15(22)14(10-13)21(23,24)25/h3-10H,1-2H3,(H2,26,27,30). The number of thiophene rings is 1. The van der Waals surface area contributed by atoms with Crippen LogP contribution in [0, 0.1) is 6.92 Å². The highest BCUT2D eigenvalue weighted by Gasteiger charge is 2.33. The van der Waals surface area contributed by atoms with Crippen LogP contribution in [0.25, 0.3) is 11.1 Å². The van der Waals surface area contributed by atoms with Crippen molar-refractivity contribution in [3.05, 3.63) is 69.6 Å². The quantitative estimate of drug-likeness (QED) is 0.308. The number of rotatable bonds is 4. The molecule has 0 bridgehead atoms. The first-order valence-electron chi connectivity index (χ1n) is 8.83. The van der Waals surface area contributed by atoms with Crippen LogP contribution in [0.2, 0.25) is 5.02 Å². The molecule has 0 atom stereocenters. The number of carbonyl (C=O) groups excluding carboxylic acids is 1. The van der Waals surface area contributed by atoms with Crippen molar-refractivity contribution < 1.29 is 22.7 Å². The summed E-state index contributed by atoms with van der Waals surface area (Å²) >= 11 is 12.2. The van der Waals surface area contributed by atoms with E-state index in [1.807, 2.05) is 37.3 Å². The van der Waals surface area contributed by atoms with Crippen molar-refractivity contribution in [2.24, 2.45) is 0 Å². The highest BCUT2D eigenvalue weighted by atomic mass is 35.5. The summed E-state index contributed by atoms with van der Waals surface area (Å²) in [4.78, 5) is 13.4. The Morgan fingerprint density at radius 1 is 1.13 bits per heavy atom. The van der Waals surface area contributed by atoms with Gasteiger partial charge in [0.25, 0.3) is 0 Å². The molecule has 0 aliphatic carbocycles. The normalized spacial score (nSPS) is 11.2. The van der Waals surface area contributed by atoms with Gasteiger partial charge >= 0.3 is 12.1 Å². The van der Waals surface area contributed by atoms with E-state index in [0.29, 0.717) is 16.1 Å². The number of thiocarbonyl (C=S) groups is 1. The second-order valence-electron chi connectivity index (χ2n) is 6.37. The van der Waals surface area contributed by atoms with Crippen molar-refractivity contribution in [3.8, 4) is 11.1 Å². The zero-order valence-electron chi connectivity index (χ0n) is 16.3. The molecule has 0 saturated heterocycles. The molecule has 0 aliphatic heterocycles. The third-order valence-corrected chi connectivity index (χ3v) is 5.85. The molecule has 0 aliphatic rings. The molecule has 1 aromatic heterocycles. The number of esters is 1. The van der Waals surface area contributed by atoms with Crippen LogP contribution in [0.5, 0.6) is 0 Å². The van der Waals surface area contributed by atoms with Crippen LogP contribution in [0.4, 0.5) is 23.9 Å². The van der Waals surface area contributed by atoms with Crippen molar-refractivity contribution in [1.82, 2.24) is 0 Å². The Labute approximate surface area is 191 Å². The Morgan fingerprint density at radius 3 is 2.42 bits per heavy atom. The molecule has 4 nitrogen and oxygen atoms in total. The second-order valence-corrected chi connectivity index (χ2v) is 8.41. The monoisotopic (exact) mass is 484 g/mol. The Morgan fingerprint density at radius 2 is 1.81 bits per heavy atom. The number of nitrogens with one attached hydrogen (secondary N) is 2. The SMILES string of the molecule is COC(=O)c1c(NC(=S)Nc2ccc(Cl)c(C(F)(F)F)c2)sc(C)c1-c1ccccc1. The number of methoxy groups -OCH3 is 1. The molecule has 0 radical (unpaired) electrons. The van der Waals surface area contributed by atoms with Crippen molar-refractivity contribution in [3.63, 3.8) is 0 Å². The van der Waals surface area contributed by atoms with Gasteiger partial charge in [-0.2, -0.15) is 13.2 Å². The lowest BCUT2D eigenvalue weighted by molar-refractivity contribution is -0.137. The second kappa shape index (κ2) is 9.25. The van der Waals surface area contributed by atoms with Crippen molar-refractivity contribution >= 4 is 56.9 Å². The van der Waals surface area contributed by atoms with E-state index in [9.17, 15) is 18.0 Å². The van der Waals surface area contributed by atoms with E-state index in [-0.39, 0.29) is 10.8 Å². The number of hydrogen-bond donors (Lipinski definition) is 2. The van der Waals surface area contributed by atoms with E-state index in [1.54, 1.807) is 0 Å². The van der Waals surface area contributed by atoms with Crippen molar-refractivity contribution in [2.45, 2.75) is 13.1 Å². The lowest BCUT2D eigenvalue weighted by Gasteiger charge is -2.14. The third kappa shape index (κ3) is 5.17. The molecule has 162 valence electrons. The van der Waals surface area contributed by atoms with Gasteiger partial charge in [-0.3, -0.25) is 0 Å². The van der Waals surface area contributed by atoms with Crippen LogP contribution in [0.15, 0.2) is 48.5 Å². The number of alkyl halides is 3. The van der Waals surface area contributed by atoms with E-state index in [2.05, 4.69) is 10.6 Å². The zero-order chi connectivity index (χ0) is 22.8. The molecule has 0 amide bonds. The molecular weight excluding hydrogens is 469 g/mol. The highest BCUT2D eigenvalue weighted by Crippen LogP contribution is 2.40. The minimum atomic E-state index is -4.60. The van der Waals surface area contributed by atoms with E-state index in [0.717, 1.165) is 22.6 Å². The average molecular weight is 485 g/mol. The maximum absolute atomic E-state index is 13.1. The van der Waals surface area contributed by atoms with Crippen LogP contribution in [-0.2, 0) is 10.9 Å². The molecule has 2 aromatic carbocycles. The van der Waals surface area contributed by atoms with E-state index >= 15 is 0 Å². The van der Waals surface area contributed by atoms with Gasteiger partial charge in [0.05, 0.1) is 17.7 Å². The summed E-state index contributed by atoms with van der Waals surface area (Å²) in [6.07, 6.45) is -4.60. The molecule has 2 N–H and O–H groups in total. The maximum atomic E-state index is 13.1. The van der Waals surface area contributed by atoms with Gasteiger partial charge in [-0.05, 0) is 42.9 Å². The molecule has 1 heterocycles. The fraction of sp³-hybridized carbons (Fsp3) is 0.143. The summed E-state index contributed by atoms with van der Waals surface area (Å²) in [7, 11) is 1.27. The van der Waals surface area contributed by atoms with E-state index in [4.69, 9.17) is 28.6 Å². The van der Waals surface area contributed by atoms with Crippen molar-refractivity contribution in [2.75, 3.05) is 17.7 Å². The molecule has 0 saturated carbocycles. The number of ether oxygens (including phenoxy) is 1. The minimum Gasteiger partial charge on any atom is -0.465 e. The molecule has 3 aromatic rings. The van der Waals surface area contributed by atoms with Crippen LogP contribution in [0.3, 0.4) is 0 Å². The van der Waals surface area contributed by atoms with Gasteiger partial charge in [0.2, 0.25) is 0 Å². The summed E-state index contributed by atoms with van der Waals surface area (Å²) in [5, 5.41) is 5.63. The lowest BCUT2D eigenvalue weighted by atomic mass is 10.0. The maximum Gasteiger partial charge on any atom is 0.417 e. The van der Waals surface area contributed by atoms with Gasteiger partial charge in [0, 0.05) is 16.1 Å². The third-order valence-electron chi connectivity index (χ3n) is 4.29. The Hall–Kier alpha value is -2.62. The van der Waals surface area contributed by atoms with E-state index in [1.165, 1.54) is 24.5 Å².